The van der Waals surface area contributed by atoms with Gasteiger partial charge in [0, 0.05) is 30.6 Å². The number of piperidine rings is 1. The quantitative estimate of drug-likeness (QED) is 0.751. The van der Waals surface area contributed by atoms with E-state index in [-0.39, 0.29) is 12.3 Å². The molecule has 1 spiro atoms. The van der Waals surface area contributed by atoms with Gasteiger partial charge in [0.2, 0.25) is 6.23 Å². The molecular weight excluding hydrogens is 441 g/mol. The fraction of sp³-hybridized carbons (Fsp3) is 0.684. The van der Waals surface area contributed by atoms with Crippen molar-refractivity contribution in [2.45, 2.75) is 62.2 Å². The summed E-state index contributed by atoms with van der Waals surface area (Å²) in [5, 5.41) is 18.4. The number of thiophene rings is 1. The summed E-state index contributed by atoms with van der Waals surface area (Å²) in [5.74, 6) is 0.0859. The molecule has 2 fully saturated rings. The lowest BCUT2D eigenvalue weighted by molar-refractivity contribution is -0.281. The van der Waals surface area contributed by atoms with E-state index in [1.807, 2.05) is 6.07 Å². The number of hydrogen-bond donors (Lipinski definition) is 1. The highest BCUT2D eigenvalue weighted by Crippen LogP contribution is 2.57. The minimum Gasteiger partial charge on any atom is -0.370 e. The molecule has 0 bridgehead atoms. The number of ether oxygens (including phenoxy) is 1. The number of alkyl halides is 3. The number of fused-ring (bicyclic) bond motifs is 2. The average Bonchev–Trinajstić information content (AvgIpc) is 3.32. The van der Waals surface area contributed by atoms with Crippen LogP contribution in [0.2, 0.25) is 4.34 Å². The molecule has 4 heterocycles. The van der Waals surface area contributed by atoms with Gasteiger partial charge in [-0.05, 0) is 43.2 Å². The first-order chi connectivity index (χ1) is 14.2. The normalized spacial score (nSPS) is 31.1. The number of nitrogens with zero attached hydrogens (tertiary/aromatic N) is 4. The van der Waals surface area contributed by atoms with Crippen molar-refractivity contribution in [1.82, 2.24) is 19.9 Å². The van der Waals surface area contributed by atoms with E-state index in [1.54, 1.807) is 13.2 Å². The van der Waals surface area contributed by atoms with Gasteiger partial charge in [0.05, 0.1) is 17.0 Å². The lowest BCUT2D eigenvalue weighted by Gasteiger charge is -2.53. The maximum absolute atomic E-state index is 13.7. The first kappa shape index (κ1) is 20.7. The zero-order valence-corrected chi connectivity index (χ0v) is 17.8. The monoisotopic (exact) mass is 462 g/mol. The second kappa shape index (κ2) is 7.16. The molecule has 1 saturated carbocycles. The number of hydrogen-bond acceptors (Lipinski definition) is 6. The average molecular weight is 463 g/mol. The molecule has 4 atom stereocenters. The molecule has 3 aliphatic rings. The highest BCUT2D eigenvalue weighted by Gasteiger charge is 2.58. The third-order valence-electron chi connectivity index (χ3n) is 6.45. The van der Waals surface area contributed by atoms with Gasteiger partial charge in [-0.25, -0.2) is 0 Å². The summed E-state index contributed by atoms with van der Waals surface area (Å²) in [4.78, 5) is 2.21. The summed E-state index contributed by atoms with van der Waals surface area (Å²) in [7, 11) is 1.67. The van der Waals surface area contributed by atoms with Crippen LogP contribution in [0.15, 0.2) is 12.3 Å². The molecule has 5 rings (SSSR count). The lowest BCUT2D eigenvalue weighted by Crippen LogP contribution is -2.60. The van der Waals surface area contributed by atoms with Crippen LogP contribution < -0.4 is 0 Å². The zero-order chi connectivity index (χ0) is 21.3. The topological polar surface area (TPSA) is 63.4 Å². The van der Waals surface area contributed by atoms with E-state index in [4.69, 9.17) is 16.3 Å². The maximum atomic E-state index is 13.7. The van der Waals surface area contributed by atoms with Gasteiger partial charge in [0.1, 0.15) is 11.3 Å². The molecule has 1 N–H and O–H groups in total. The van der Waals surface area contributed by atoms with E-state index in [9.17, 15) is 18.3 Å². The standard InChI is InChI=1S/C19H22ClF3N4O2S/c1-26-9-12(24-25-26)14-8-18(16-11(4-5-29-18)6-15(20)30-16)7-13(10-2-3-10)27(14)17(28)19(21,22)23/h6,9-10,13-14,17,28H,2-5,7-8H2,1H3/t13-,14+,17?,18+/m1/s1. The van der Waals surface area contributed by atoms with Crippen LogP contribution >= 0.6 is 22.9 Å². The van der Waals surface area contributed by atoms with Crippen LogP contribution in [0.3, 0.4) is 0 Å². The molecule has 2 aromatic rings. The highest BCUT2D eigenvalue weighted by molar-refractivity contribution is 7.16. The van der Waals surface area contributed by atoms with Gasteiger partial charge in [-0.2, -0.15) is 13.2 Å². The predicted molar refractivity (Wildman–Crippen MR) is 104 cm³/mol. The lowest BCUT2D eigenvalue weighted by atomic mass is 9.76. The minimum absolute atomic E-state index is 0.0859. The van der Waals surface area contributed by atoms with Crippen LogP contribution in [0.25, 0.3) is 0 Å². The Hall–Kier alpha value is -1.20. The van der Waals surface area contributed by atoms with Crippen molar-refractivity contribution in [3.05, 3.63) is 32.7 Å². The summed E-state index contributed by atoms with van der Waals surface area (Å²) in [6.45, 7) is 0.493. The Morgan fingerprint density at radius 1 is 1.37 bits per heavy atom. The van der Waals surface area contributed by atoms with Crippen LogP contribution in [0.1, 0.15) is 47.9 Å². The predicted octanol–water partition coefficient (Wildman–Crippen LogP) is 3.79. The van der Waals surface area contributed by atoms with Crippen molar-refractivity contribution in [2.75, 3.05) is 6.61 Å². The Morgan fingerprint density at radius 3 is 2.77 bits per heavy atom. The highest BCUT2D eigenvalue weighted by atomic mass is 35.5. The van der Waals surface area contributed by atoms with Crippen molar-refractivity contribution < 1.29 is 23.0 Å². The molecular formula is C19H22ClF3N4O2S. The van der Waals surface area contributed by atoms with Crippen LogP contribution in [-0.4, -0.2) is 50.1 Å². The largest absolute Gasteiger partial charge is 0.428 e. The molecule has 0 aromatic carbocycles. The van der Waals surface area contributed by atoms with E-state index in [0.717, 1.165) is 29.7 Å². The van der Waals surface area contributed by atoms with Crippen LogP contribution in [0.5, 0.6) is 0 Å². The van der Waals surface area contributed by atoms with Crippen molar-refractivity contribution in [2.24, 2.45) is 13.0 Å². The Kier molecular flexibility index (Phi) is 4.94. The molecule has 2 aromatic heterocycles. The van der Waals surface area contributed by atoms with E-state index in [0.29, 0.717) is 23.1 Å². The number of likely N-dealkylation sites (tertiary alicyclic amines) is 1. The van der Waals surface area contributed by atoms with Gasteiger partial charge >= 0.3 is 6.18 Å². The first-order valence-corrected chi connectivity index (χ1v) is 11.2. The van der Waals surface area contributed by atoms with Crippen molar-refractivity contribution in [1.29, 1.82) is 0 Å². The fourth-order valence-corrected chi connectivity index (χ4v) is 6.52. The molecule has 2 aliphatic heterocycles. The fourth-order valence-electron chi connectivity index (χ4n) is 5.05. The van der Waals surface area contributed by atoms with Crippen molar-refractivity contribution in [3.8, 4) is 0 Å². The second-order valence-electron chi connectivity index (χ2n) is 8.51. The van der Waals surface area contributed by atoms with Gasteiger partial charge in [0.25, 0.3) is 0 Å². The molecule has 1 unspecified atom stereocenters. The van der Waals surface area contributed by atoms with Gasteiger partial charge < -0.3 is 9.84 Å². The van der Waals surface area contributed by atoms with E-state index in [2.05, 4.69) is 10.3 Å². The smallest absolute Gasteiger partial charge is 0.370 e. The Labute approximate surface area is 180 Å². The summed E-state index contributed by atoms with van der Waals surface area (Å²) >= 11 is 7.74. The van der Waals surface area contributed by atoms with Crippen molar-refractivity contribution in [3.63, 3.8) is 0 Å². The molecule has 164 valence electrons. The van der Waals surface area contributed by atoms with E-state index < -0.39 is 30.1 Å². The SMILES string of the molecule is Cn1cc([C@@H]2C[C@]3(C[C@H](C4CC4)N2C(O)C(F)(F)F)OCCc2cc(Cl)sc23)nn1. The Bertz CT molecular complexity index is 947. The zero-order valence-electron chi connectivity index (χ0n) is 16.3. The molecule has 30 heavy (non-hydrogen) atoms. The number of halogens is 4. The third kappa shape index (κ3) is 3.46. The number of aryl methyl sites for hydroxylation is 1. The molecule has 0 radical (unpaired) electrons. The van der Waals surface area contributed by atoms with Crippen molar-refractivity contribution >= 4 is 22.9 Å². The van der Waals surface area contributed by atoms with Crippen LogP contribution in [0.4, 0.5) is 13.2 Å². The number of rotatable bonds is 3. The van der Waals surface area contributed by atoms with Gasteiger partial charge in [0.15, 0.2) is 0 Å². The summed E-state index contributed by atoms with van der Waals surface area (Å²) in [6.07, 6.45) is -2.64. The Morgan fingerprint density at radius 2 is 2.13 bits per heavy atom. The summed E-state index contributed by atoms with van der Waals surface area (Å²) < 4.78 is 49.5. The second-order valence-corrected chi connectivity index (χ2v) is 10.2. The van der Waals surface area contributed by atoms with Crippen LogP contribution in [-0.2, 0) is 23.8 Å². The third-order valence-corrected chi connectivity index (χ3v) is 7.94. The van der Waals surface area contributed by atoms with E-state index >= 15 is 0 Å². The molecule has 1 saturated heterocycles. The van der Waals surface area contributed by atoms with Gasteiger partial charge in [-0.3, -0.25) is 9.58 Å². The molecule has 1 aliphatic carbocycles. The van der Waals surface area contributed by atoms with Gasteiger partial charge in [-0.1, -0.05) is 16.8 Å². The maximum Gasteiger partial charge on any atom is 0.428 e. The Balaban J connectivity index is 1.62. The van der Waals surface area contributed by atoms with E-state index in [1.165, 1.54) is 20.9 Å². The van der Waals surface area contributed by atoms with Gasteiger partial charge in [-0.15, -0.1) is 16.4 Å². The number of aliphatic hydroxyl groups is 1. The minimum atomic E-state index is -4.76. The number of aromatic nitrogens is 3. The number of aliphatic hydroxyl groups excluding tert-OH is 1. The summed E-state index contributed by atoms with van der Waals surface area (Å²) in [6, 6.07) is 0.683. The first-order valence-electron chi connectivity index (χ1n) is 9.99. The van der Waals surface area contributed by atoms with Crippen LogP contribution in [0, 0.1) is 5.92 Å². The molecule has 0 amide bonds. The summed E-state index contributed by atoms with van der Waals surface area (Å²) in [5.41, 5.74) is 0.778. The molecule has 6 nitrogen and oxygen atoms in total. The molecule has 11 heteroatoms.